The number of amides is 2. The lowest BCUT2D eigenvalue weighted by Crippen LogP contribution is -2.33. The Morgan fingerprint density at radius 1 is 1.15 bits per heavy atom. The Morgan fingerprint density at radius 2 is 1.92 bits per heavy atom. The molecular formula is C18H16BrN5O2. The fourth-order valence-corrected chi connectivity index (χ4v) is 2.74. The first-order valence-corrected chi connectivity index (χ1v) is 8.64. The van der Waals surface area contributed by atoms with Crippen LogP contribution in [-0.2, 0) is 4.79 Å². The maximum atomic E-state index is 12.1. The van der Waals surface area contributed by atoms with Gasteiger partial charge in [0.25, 0.3) is 5.91 Å². The van der Waals surface area contributed by atoms with E-state index in [0.717, 1.165) is 15.7 Å². The van der Waals surface area contributed by atoms with Crippen LogP contribution in [0.5, 0.6) is 0 Å². The molecule has 1 aromatic heterocycles. The molecule has 2 N–H and O–H groups in total. The Hall–Kier alpha value is -3.00. The Morgan fingerprint density at radius 3 is 2.65 bits per heavy atom. The lowest BCUT2D eigenvalue weighted by atomic mass is 10.2. The molecule has 1 heterocycles. The number of carbonyl (C=O) groups excluding carboxylic acids is 2. The van der Waals surface area contributed by atoms with Crippen LogP contribution in [0.2, 0.25) is 0 Å². The number of benzene rings is 2. The normalized spacial score (nSPS) is 10.4. The molecule has 0 saturated heterocycles. The van der Waals surface area contributed by atoms with Crippen molar-refractivity contribution in [2.45, 2.75) is 6.92 Å². The van der Waals surface area contributed by atoms with Crippen molar-refractivity contribution in [1.29, 1.82) is 0 Å². The summed E-state index contributed by atoms with van der Waals surface area (Å²) in [5, 5.41) is 13.5. The fraction of sp³-hybridized carbons (Fsp3) is 0.111. The summed E-state index contributed by atoms with van der Waals surface area (Å²) in [7, 11) is 0. The summed E-state index contributed by atoms with van der Waals surface area (Å²) in [6, 6.07) is 14.8. The Balaban J connectivity index is 1.57. The molecule has 0 aliphatic heterocycles. The molecule has 7 nitrogen and oxygen atoms in total. The van der Waals surface area contributed by atoms with Crippen LogP contribution in [0.25, 0.3) is 5.69 Å². The standard InChI is InChI=1S/C18H16BrN5O2/c1-12-9-13(19)7-8-15(12)22-17(25)11-20-18(26)16-10-21-24(23-16)14-5-3-2-4-6-14/h2-10H,11H2,1H3,(H,20,26)(H,22,25). The van der Waals surface area contributed by atoms with Gasteiger partial charge in [-0.25, -0.2) is 0 Å². The summed E-state index contributed by atoms with van der Waals surface area (Å²) in [4.78, 5) is 25.5. The second kappa shape index (κ2) is 7.92. The van der Waals surface area contributed by atoms with E-state index >= 15 is 0 Å². The summed E-state index contributed by atoms with van der Waals surface area (Å²) < 4.78 is 0.933. The topological polar surface area (TPSA) is 88.9 Å². The quantitative estimate of drug-likeness (QED) is 0.672. The van der Waals surface area contributed by atoms with Crippen molar-refractivity contribution in [1.82, 2.24) is 20.3 Å². The molecule has 0 fully saturated rings. The molecule has 0 atom stereocenters. The molecule has 0 aliphatic rings. The summed E-state index contributed by atoms with van der Waals surface area (Å²) in [6.45, 7) is 1.73. The zero-order valence-corrected chi connectivity index (χ0v) is 15.5. The van der Waals surface area contributed by atoms with Gasteiger partial charge in [-0.05, 0) is 42.8 Å². The fourth-order valence-electron chi connectivity index (χ4n) is 2.27. The molecule has 0 aliphatic carbocycles. The third kappa shape index (κ3) is 4.34. The van der Waals surface area contributed by atoms with E-state index < -0.39 is 5.91 Å². The van der Waals surface area contributed by atoms with Crippen molar-refractivity contribution < 1.29 is 9.59 Å². The molecule has 132 valence electrons. The SMILES string of the molecule is Cc1cc(Br)ccc1NC(=O)CNC(=O)c1cnn(-c2ccccc2)n1. The van der Waals surface area contributed by atoms with E-state index in [2.05, 4.69) is 36.8 Å². The number of nitrogens with zero attached hydrogens (tertiary/aromatic N) is 3. The lowest BCUT2D eigenvalue weighted by molar-refractivity contribution is -0.115. The lowest BCUT2D eigenvalue weighted by Gasteiger charge is -2.09. The van der Waals surface area contributed by atoms with Gasteiger partial charge in [-0.2, -0.15) is 9.90 Å². The second-order valence-corrected chi connectivity index (χ2v) is 6.46. The van der Waals surface area contributed by atoms with Crippen LogP contribution in [0.1, 0.15) is 16.1 Å². The Labute approximate surface area is 158 Å². The van der Waals surface area contributed by atoms with Gasteiger partial charge in [0.15, 0.2) is 5.69 Å². The Kier molecular flexibility index (Phi) is 5.43. The number of anilines is 1. The Bertz CT molecular complexity index is 940. The number of aryl methyl sites for hydroxylation is 1. The van der Waals surface area contributed by atoms with Gasteiger partial charge in [-0.15, -0.1) is 5.10 Å². The maximum absolute atomic E-state index is 12.1. The third-order valence-corrected chi connectivity index (χ3v) is 4.08. The van der Waals surface area contributed by atoms with Crippen LogP contribution in [-0.4, -0.2) is 33.4 Å². The van der Waals surface area contributed by atoms with Gasteiger partial charge in [-0.1, -0.05) is 34.1 Å². The van der Waals surface area contributed by atoms with Crippen molar-refractivity contribution in [3.63, 3.8) is 0 Å². The number of para-hydroxylation sites is 1. The van der Waals surface area contributed by atoms with E-state index in [1.807, 2.05) is 49.4 Å². The second-order valence-electron chi connectivity index (χ2n) is 5.54. The molecule has 8 heteroatoms. The maximum Gasteiger partial charge on any atom is 0.273 e. The molecule has 0 bridgehead atoms. The first-order chi connectivity index (χ1) is 12.5. The molecule has 3 aromatic rings. The molecule has 2 amide bonds. The van der Waals surface area contributed by atoms with Crippen molar-refractivity contribution in [2.75, 3.05) is 11.9 Å². The molecule has 26 heavy (non-hydrogen) atoms. The van der Waals surface area contributed by atoms with Crippen molar-refractivity contribution in [3.05, 3.63) is 70.5 Å². The number of hydrogen-bond donors (Lipinski definition) is 2. The van der Waals surface area contributed by atoms with Gasteiger partial charge in [0.2, 0.25) is 5.91 Å². The number of carbonyl (C=O) groups is 2. The molecule has 0 unspecified atom stereocenters. The number of rotatable bonds is 5. The highest BCUT2D eigenvalue weighted by molar-refractivity contribution is 9.10. The van der Waals surface area contributed by atoms with Crippen molar-refractivity contribution in [3.8, 4) is 5.69 Å². The van der Waals surface area contributed by atoms with Gasteiger partial charge in [-0.3, -0.25) is 9.59 Å². The van der Waals surface area contributed by atoms with Crippen LogP contribution in [0.3, 0.4) is 0 Å². The minimum Gasteiger partial charge on any atom is -0.342 e. The predicted molar refractivity (Wildman–Crippen MR) is 101 cm³/mol. The van der Waals surface area contributed by atoms with Crippen LogP contribution in [0.15, 0.2) is 59.2 Å². The highest BCUT2D eigenvalue weighted by Gasteiger charge is 2.13. The zero-order valence-electron chi connectivity index (χ0n) is 13.9. The van der Waals surface area contributed by atoms with E-state index in [0.29, 0.717) is 5.69 Å². The van der Waals surface area contributed by atoms with Crippen molar-refractivity contribution in [2.24, 2.45) is 0 Å². The van der Waals surface area contributed by atoms with Crippen LogP contribution >= 0.6 is 15.9 Å². The average Bonchev–Trinajstić information content (AvgIpc) is 3.13. The molecular weight excluding hydrogens is 398 g/mol. The van der Waals surface area contributed by atoms with Gasteiger partial charge in [0.05, 0.1) is 18.4 Å². The molecule has 0 saturated carbocycles. The van der Waals surface area contributed by atoms with Crippen molar-refractivity contribution >= 4 is 33.4 Å². The summed E-state index contributed by atoms with van der Waals surface area (Å²) >= 11 is 3.37. The highest BCUT2D eigenvalue weighted by Crippen LogP contribution is 2.19. The van der Waals surface area contributed by atoms with Gasteiger partial charge in [0.1, 0.15) is 0 Å². The zero-order chi connectivity index (χ0) is 18.5. The number of hydrogen-bond acceptors (Lipinski definition) is 4. The highest BCUT2D eigenvalue weighted by atomic mass is 79.9. The number of aromatic nitrogens is 3. The summed E-state index contributed by atoms with van der Waals surface area (Å²) in [5.74, 6) is -0.783. The van der Waals surface area contributed by atoms with Crippen LogP contribution in [0, 0.1) is 6.92 Å². The summed E-state index contributed by atoms with van der Waals surface area (Å²) in [6.07, 6.45) is 1.36. The van der Waals surface area contributed by atoms with Gasteiger partial charge < -0.3 is 10.6 Å². The average molecular weight is 414 g/mol. The van der Waals surface area contributed by atoms with E-state index in [1.165, 1.54) is 11.0 Å². The van der Waals surface area contributed by atoms with E-state index in [1.54, 1.807) is 6.07 Å². The molecule has 0 spiro atoms. The number of nitrogens with one attached hydrogen (secondary N) is 2. The van der Waals surface area contributed by atoms with Gasteiger partial charge in [0, 0.05) is 10.2 Å². The molecule has 0 radical (unpaired) electrons. The molecule has 2 aromatic carbocycles. The van der Waals surface area contributed by atoms with Crippen LogP contribution in [0.4, 0.5) is 5.69 Å². The minimum absolute atomic E-state index is 0.140. The van der Waals surface area contributed by atoms with Crippen LogP contribution < -0.4 is 10.6 Å². The van der Waals surface area contributed by atoms with E-state index in [-0.39, 0.29) is 18.1 Å². The first-order valence-electron chi connectivity index (χ1n) is 7.85. The smallest absolute Gasteiger partial charge is 0.273 e. The monoisotopic (exact) mass is 413 g/mol. The first kappa shape index (κ1) is 17.8. The largest absolute Gasteiger partial charge is 0.342 e. The summed E-state index contributed by atoms with van der Waals surface area (Å²) in [5.41, 5.74) is 2.50. The predicted octanol–water partition coefficient (Wildman–Crippen LogP) is 2.71. The number of halogens is 1. The third-order valence-electron chi connectivity index (χ3n) is 3.58. The molecule has 3 rings (SSSR count). The van der Waals surface area contributed by atoms with E-state index in [9.17, 15) is 9.59 Å². The minimum atomic E-state index is -0.463. The van der Waals surface area contributed by atoms with Gasteiger partial charge >= 0.3 is 0 Å². The van der Waals surface area contributed by atoms with E-state index in [4.69, 9.17) is 0 Å².